The lowest BCUT2D eigenvalue weighted by molar-refractivity contribution is -0.120. The molecule has 2 N–H and O–H groups in total. The third kappa shape index (κ3) is 3.33. The number of aromatic amines is 1. The van der Waals surface area contributed by atoms with Crippen LogP contribution in [0.25, 0.3) is 10.9 Å². The molecule has 2 aromatic carbocycles. The molecule has 0 saturated carbocycles. The van der Waals surface area contributed by atoms with Gasteiger partial charge in [-0.2, -0.15) is 0 Å². The van der Waals surface area contributed by atoms with E-state index in [1.165, 1.54) is 18.4 Å². The number of methoxy groups -OCH3 is 2. The summed E-state index contributed by atoms with van der Waals surface area (Å²) in [6.07, 6.45) is 2.32. The van der Waals surface area contributed by atoms with Crippen molar-refractivity contribution in [1.82, 2.24) is 4.98 Å². The quantitative estimate of drug-likeness (QED) is 0.678. The van der Waals surface area contributed by atoms with Gasteiger partial charge in [0.1, 0.15) is 5.75 Å². The number of fused-ring (bicyclic) bond motifs is 3. The van der Waals surface area contributed by atoms with Crippen molar-refractivity contribution in [3.63, 3.8) is 0 Å². The smallest absolute Gasteiger partial charge is 0.337 e. The maximum atomic E-state index is 12.8. The second-order valence-corrected chi connectivity index (χ2v) is 6.99. The zero-order valence-electron chi connectivity index (χ0n) is 15.9. The molecule has 1 aliphatic rings. The fourth-order valence-electron chi connectivity index (χ4n) is 3.80. The Morgan fingerprint density at radius 2 is 1.89 bits per heavy atom. The molecule has 144 valence electrons. The Balaban J connectivity index is 1.50. The second-order valence-electron chi connectivity index (χ2n) is 6.99. The molecule has 0 spiro atoms. The van der Waals surface area contributed by atoms with Crippen LogP contribution in [0.2, 0.25) is 0 Å². The number of hydrogen-bond donors (Lipinski definition) is 2. The summed E-state index contributed by atoms with van der Waals surface area (Å²) in [6.45, 7) is 0. The maximum absolute atomic E-state index is 12.8. The number of esters is 1. The molecule has 3 aromatic rings. The monoisotopic (exact) mass is 378 g/mol. The summed E-state index contributed by atoms with van der Waals surface area (Å²) in [7, 11) is 3.00. The molecule has 1 aliphatic carbocycles. The number of rotatable bonds is 4. The van der Waals surface area contributed by atoms with E-state index in [1.54, 1.807) is 31.4 Å². The maximum Gasteiger partial charge on any atom is 0.337 e. The van der Waals surface area contributed by atoms with Crippen LogP contribution in [0.4, 0.5) is 5.69 Å². The largest absolute Gasteiger partial charge is 0.497 e. The number of amides is 1. The van der Waals surface area contributed by atoms with E-state index >= 15 is 0 Å². The number of carbonyl (C=O) groups excluding carboxylic acids is 2. The zero-order valence-corrected chi connectivity index (χ0v) is 15.9. The first kappa shape index (κ1) is 18.1. The van der Waals surface area contributed by atoms with Crippen LogP contribution in [0.3, 0.4) is 0 Å². The minimum Gasteiger partial charge on any atom is -0.497 e. The van der Waals surface area contributed by atoms with E-state index in [4.69, 9.17) is 9.47 Å². The van der Waals surface area contributed by atoms with Crippen molar-refractivity contribution < 1.29 is 19.1 Å². The molecule has 1 unspecified atom stereocenters. The highest BCUT2D eigenvalue weighted by Gasteiger charge is 2.27. The van der Waals surface area contributed by atoms with Crippen LogP contribution in [0.1, 0.15) is 28.0 Å². The van der Waals surface area contributed by atoms with Crippen molar-refractivity contribution in [2.45, 2.75) is 19.3 Å². The lowest BCUT2D eigenvalue weighted by Gasteiger charge is -2.22. The minimum atomic E-state index is -0.396. The summed E-state index contributed by atoms with van der Waals surface area (Å²) in [5.74, 6) is 0.311. The SMILES string of the molecule is COC(=O)c1ccc(NC(=O)C2CCc3[nH]c4ccc(OC)cc4c3C2)cc1. The molecule has 0 bridgehead atoms. The summed E-state index contributed by atoms with van der Waals surface area (Å²) >= 11 is 0. The predicted molar refractivity (Wildman–Crippen MR) is 107 cm³/mol. The number of aromatic nitrogens is 1. The molecule has 0 aliphatic heterocycles. The lowest BCUT2D eigenvalue weighted by Crippen LogP contribution is -2.28. The standard InChI is InChI=1S/C22H22N2O4/c1-27-16-8-10-20-18(12-16)17-11-14(5-9-19(17)24-20)21(25)23-15-6-3-13(4-7-15)22(26)28-2/h3-4,6-8,10,12,14,24H,5,9,11H2,1-2H3,(H,23,25). The predicted octanol–water partition coefficient (Wildman–Crippen LogP) is 3.71. The zero-order chi connectivity index (χ0) is 19.7. The molecule has 1 amide bonds. The van der Waals surface area contributed by atoms with Crippen molar-refractivity contribution >= 4 is 28.5 Å². The minimum absolute atomic E-state index is 0.00582. The summed E-state index contributed by atoms with van der Waals surface area (Å²) in [5.41, 5.74) is 4.60. The Morgan fingerprint density at radius 3 is 2.61 bits per heavy atom. The number of H-pyrrole nitrogens is 1. The van der Waals surface area contributed by atoms with E-state index in [1.807, 2.05) is 18.2 Å². The van der Waals surface area contributed by atoms with Crippen LogP contribution in [-0.2, 0) is 22.4 Å². The number of benzene rings is 2. The first-order valence-electron chi connectivity index (χ1n) is 9.25. The van der Waals surface area contributed by atoms with Gasteiger partial charge in [-0.3, -0.25) is 4.79 Å². The number of anilines is 1. The van der Waals surface area contributed by atoms with Gasteiger partial charge in [-0.1, -0.05) is 0 Å². The van der Waals surface area contributed by atoms with Gasteiger partial charge in [0.15, 0.2) is 0 Å². The van der Waals surface area contributed by atoms with Gasteiger partial charge in [0, 0.05) is 28.2 Å². The topological polar surface area (TPSA) is 80.4 Å². The summed E-state index contributed by atoms with van der Waals surface area (Å²) in [6, 6.07) is 12.7. The third-order valence-corrected chi connectivity index (χ3v) is 5.34. The molecule has 0 fully saturated rings. The number of hydrogen-bond acceptors (Lipinski definition) is 4. The molecule has 6 nitrogen and oxygen atoms in total. The summed E-state index contributed by atoms with van der Waals surface area (Å²) in [4.78, 5) is 27.8. The molecular formula is C22H22N2O4. The van der Waals surface area contributed by atoms with E-state index in [9.17, 15) is 9.59 Å². The molecule has 0 saturated heterocycles. The molecule has 4 rings (SSSR count). The fourth-order valence-corrected chi connectivity index (χ4v) is 3.80. The lowest BCUT2D eigenvalue weighted by atomic mass is 9.85. The molecule has 28 heavy (non-hydrogen) atoms. The third-order valence-electron chi connectivity index (χ3n) is 5.34. The van der Waals surface area contributed by atoms with Gasteiger partial charge in [0.05, 0.1) is 19.8 Å². The van der Waals surface area contributed by atoms with E-state index in [0.29, 0.717) is 17.7 Å². The van der Waals surface area contributed by atoms with Gasteiger partial charge < -0.3 is 19.8 Å². The van der Waals surface area contributed by atoms with Crippen LogP contribution >= 0.6 is 0 Å². The van der Waals surface area contributed by atoms with Crippen LogP contribution in [-0.4, -0.2) is 31.1 Å². The van der Waals surface area contributed by atoms with Crippen molar-refractivity contribution in [1.29, 1.82) is 0 Å². The molecule has 6 heteroatoms. The molecular weight excluding hydrogens is 356 g/mol. The van der Waals surface area contributed by atoms with Gasteiger partial charge >= 0.3 is 5.97 Å². The van der Waals surface area contributed by atoms with E-state index in [2.05, 4.69) is 10.3 Å². The highest BCUT2D eigenvalue weighted by atomic mass is 16.5. The van der Waals surface area contributed by atoms with Crippen molar-refractivity contribution in [2.24, 2.45) is 5.92 Å². The number of carbonyl (C=O) groups is 2. The van der Waals surface area contributed by atoms with E-state index in [0.717, 1.165) is 29.5 Å². The van der Waals surface area contributed by atoms with Gasteiger partial charge in [0.25, 0.3) is 0 Å². The van der Waals surface area contributed by atoms with E-state index < -0.39 is 5.97 Å². The van der Waals surface area contributed by atoms with E-state index in [-0.39, 0.29) is 11.8 Å². The fraction of sp³-hybridized carbons (Fsp3) is 0.273. The van der Waals surface area contributed by atoms with Crippen LogP contribution in [0.15, 0.2) is 42.5 Å². The Bertz CT molecular complexity index is 1040. The number of nitrogens with one attached hydrogen (secondary N) is 2. The highest BCUT2D eigenvalue weighted by Crippen LogP contribution is 2.34. The van der Waals surface area contributed by atoms with Crippen molar-refractivity contribution in [2.75, 3.05) is 19.5 Å². The van der Waals surface area contributed by atoms with Crippen LogP contribution in [0.5, 0.6) is 5.75 Å². The Morgan fingerprint density at radius 1 is 1.11 bits per heavy atom. The van der Waals surface area contributed by atoms with Gasteiger partial charge in [-0.05, 0) is 67.3 Å². The Hall–Kier alpha value is -3.28. The van der Waals surface area contributed by atoms with Crippen LogP contribution < -0.4 is 10.1 Å². The van der Waals surface area contributed by atoms with Gasteiger partial charge in [0.2, 0.25) is 5.91 Å². The molecule has 1 aromatic heterocycles. The normalized spacial score (nSPS) is 15.7. The average molecular weight is 378 g/mol. The van der Waals surface area contributed by atoms with Gasteiger partial charge in [-0.25, -0.2) is 4.79 Å². The molecule has 1 atom stereocenters. The van der Waals surface area contributed by atoms with Gasteiger partial charge in [-0.15, -0.1) is 0 Å². The molecule has 1 heterocycles. The summed E-state index contributed by atoms with van der Waals surface area (Å²) < 4.78 is 10.0. The second kappa shape index (κ2) is 7.38. The Kier molecular flexibility index (Phi) is 4.77. The highest BCUT2D eigenvalue weighted by molar-refractivity contribution is 5.95. The number of ether oxygens (including phenoxy) is 2. The average Bonchev–Trinajstić information content (AvgIpc) is 3.10. The first-order chi connectivity index (χ1) is 13.6. The molecule has 0 radical (unpaired) electrons. The summed E-state index contributed by atoms with van der Waals surface area (Å²) in [5, 5.41) is 4.08. The van der Waals surface area contributed by atoms with Crippen LogP contribution in [0, 0.1) is 5.92 Å². The first-order valence-corrected chi connectivity index (χ1v) is 9.25. The van der Waals surface area contributed by atoms with Crippen molar-refractivity contribution in [3.05, 3.63) is 59.3 Å². The van der Waals surface area contributed by atoms with Crippen molar-refractivity contribution in [3.8, 4) is 5.75 Å². The Labute approximate surface area is 162 Å². The number of aryl methyl sites for hydroxylation is 1.